The van der Waals surface area contributed by atoms with E-state index >= 15 is 4.39 Å². The number of benzene rings is 2. The van der Waals surface area contributed by atoms with Gasteiger partial charge in [0.15, 0.2) is 11.6 Å². The van der Waals surface area contributed by atoms with Crippen LogP contribution in [0.3, 0.4) is 0 Å². The summed E-state index contributed by atoms with van der Waals surface area (Å²) in [6.45, 7) is 5.40. The lowest BCUT2D eigenvalue weighted by Crippen LogP contribution is -2.54. The lowest BCUT2D eigenvalue weighted by molar-refractivity contribution is -0.136. The molecule has 9 rings (SSSR count). The fraction of sp³-hybridized carbons (Fsp3) is 0.422. The van der Waals surface area contributed by atoms with Crippen LogP contribution in [0.25, 0.3) is 10.9 Å². The summed E-state index contributed by atoms with van der Waals surface area (Å²) < 4.78 is 21.8. The van der Waals surface area contributed by atoms with Gasteiger partial charge >= 0.3 is 0 Å². The number of nitrogens with one attached hydrogen (secondary N) is 2. The summed E-state index contributed by atoms with van der Waals surface area (Å²) in [4.78, 5) is 80.0. The van der Waals surface area contributed by atoms with Crippen LogP contribution in [0.4, 0.5) is 15.9 Å². The Morgan fingerprint density at radius 3 is 2.38 bits per heavy atom. The summed E-state index contributed by atoms with van der Waals surface area (Å²) >= 11 is 0. The van der Waals surface area contributed by atoms with Gasteiger partial charge in [0.25, 0.3) is 17.7 Å². The van der Waals surface area contributed by atoms with Gasteiger partial charge in [-0.25, -0.2) is 9.37 Å². The van der Waals surface area contributed by atoms with E-state index in [4.69, 9.17) is 4.74 Å². The zero-order valence-corrected chi connectivity index (χ0v) is 33.6. The fourth-order valence-electron chi connectivity index (χ4n) is 9.44. The maximum Gasteiger partial charge on any atom is 0.262 e. The van der Waals surface area contributed by atoms with E-state index in [1.54, 1.807) is 24.4 Å². The third kappa shape index (κ3) is 8.09. The fourth-order valence-corrected chi connectivity index (χ4v) is 9.44. The first-order valence-corrected chi connectivity index (χ1v) is 21.1. The number of pyridine rings is 2. The highest BCUT2D eigenvalue weighted by molar-refractivity contribution is 6.23. The zero-order valence-electron chi connectivity index (χ0n) is 33.6. The van der Waals surface area contributed by atoms with E-state index in [9.17, 15) is 29.2 Å². The van der Waals surface area contributed by atoms with Crippen molar-refractivity contribution in [2.75, 3.05) is 55.6 Å². The zero-order chi connectivity index (χ0) is 42.2. The Morgan fingerprint density at radius 2 is 1.64 bits per heavy atom. The van der Waals surface area contributed by atoms with Crippen LogP contribution >= 0.6 is 0 Å². The first-order chi connectivity index (χ1) is 29.6. The normalized spacial score (nSPS) is 22.6. The number of anilines is 2. The van der Waals surface area contributed by atoms with Crippen LogP contribution in [0.15, 0.2) is 60.9 Å². The molecule has 1 atom stereocenters. The maximum atomic E-state index is 15.5. The largest absolute Gasteiger partial charge is 0.490 e. The van der Waals surface area contributed by atoms with Crippen LogP contribution in [-0.4, -0.2) is 113 Å². The van der Waals surface area contributed by atoms with Gasteiger partial charge in [-0.3, -0.25) is 44.1 Å². The highest BCUT2D eigenvalue weighted by atomic mass is 19.1. The van der Waals surface area contributed by atoms with Crippen LogP contribution in [0.5, 0.6) is 5.75 Å². The lowest BCUT2D eigenvalue weighted by atomic mass is 9.92. The standard InChI is InChI=1S/C45H46FN9O6/c46-36-22-29(42(57)50-30-4-7-32(8-5-30)61-38-11-3-28(24-47)40-34(38)2-1-15-48-40)25-49-41(36)54-16-13-27(14-17-54)26-52-18-20-53(21-19-52)31-6-9-33-35(23-31)45(60)55(44(33)59)37-10-12-39(56)51-43(37)58/h1-3,6,9,11,15,22-23,25,27,30,32,37H,4-5,7-8,10,12-14,16-21,26H2,(H,50,57)(H,51,56,58)/t30-,32-,37?. The second kappa shape index (κ2) is 16.9. The van der Waals surface area contributed by atoms with E-state index in [0.29, 0.717) is 35.8 Å². The Labute approximate surface area is 351 Å². The Balaban J connectivity index is 0.714. The van der Waals surface area contributed by atoms with Crippen molar-refractivity contribution in [2.45, 2.75) is 69.6 Å². The highest BCUT2D eigenvalue weighted by Crippen LogP contribution is 2.33. The van der Waals surface area contributed by atoms with Gasteiger partial charge in [0, 0.05) is 81.7 Å². The summed E-state index contributed by atoms with van der Waals surface area (Å²) in [6.07, 6.45) is 7.97. The van der Waals surface area contributed by atoms with E-state index in [1.807, 2.05) is 29.2 Å². The molecule has 6 heterocycles. The predicted molar refractivity (Wildman–Crippen MR) is 221 cm³/mol. The second-order valence-corrected chi connectivity index (χ2v) is 16.6. The number of carbonyl (C=O) groups excluding carboxylic acids is 5. The number of halogens is 1. The molecule has 5 aliphatic rings. The number of piperidine rings is 2. The molecule has 0 radical (unpaired) electrons. The smallest absolute Gasteiger partial charge is 0.262 e. The van der Waals surface area contributed by atoms with E-state index in [2.05, 4.69) is 36.5 Å². The summed E-state index contributed by atoms with van der Waals surface area (Å²) in [6, 6.07) is 14.9. The third-order valence-electron chi connectivity index (χ3n) is 12.8. The average Bonchev–Trinajstić information content (AvgIpc) is 3.52. The molecule has 3 saturated heterocycles. The molecule has 2 aromatic heterocycles. The minimum Gasteiger partial charge on any atom is -0.490 e. The van der Waals surface area contributed by atoms with E-state index in [1.165, 1.54) is 12.3 Å². The molecular formula is C45H46FN9O6. The van der Waals surface area contributed by atoms with Gasteiger partial charge < -0.3 is 19.9 Å². The molecule has 4 aromatic rings. The van der Waals surface area contributed by atoms with Crippen LogP contribution in [0.2, 0.25) is 0 Å². The number of ether oxygens (including phenoxy) is 1. The number of carbonyl (C=O) groups is 5. The van der Waals surface area contributed by atoms with E-state index in [-0.39, 0.29) is 53.4 Å². The van der Waals surface area contributed by atoms with Crippen LogP contribution in [0, 0.1) is 23.1 Å². The summed E-state index contributed by atoms with van der Waals surface area (Å²) in [7, 11) is 0. The summed E-state index contributed by atoms with van der Waals surface area (Å²) in [5.74, 6) is -1.51. The molecule has 2 N–H and O–H groups in total. The van der Waals surface area contributed by atoms with Crippen molar-refractivity contribution in [1.82, 2.24) is 30.4 Å². The Bertz CT molecular complexity index is 2450. The Morgan fingerprint density at radius 1 is 0.869 bits per heavy atom. The van der Waals surface area contributed by atoms with Crippen molar-refractivity contribution in [3.05, 3.63) is 89.0 Å². The van der Waals surface area contributed by atoms with Gasteiger partial charge in [0.1, 0.15) is 17.9 Å². The molecule has 4 aliphatic heterocycles. The third-order valence-corrected chi connectivity index (χ3v) is 12.8. The topological polar surface area (TPSA) is 181 Å². The minimum absolute atomic E-state index is 0.0357. The molecule has 5 amide bonds. The molecule has 1 unspecified atom stereocenters. The van der Waals surface area contributed by atoms with Crippen molar-refractivity contribution < 1.29 is 33.1 Å². The number of nitriles is 1. The second-order valence-electron chi connectivity index (χ2n) is 16.6. The maximum absolute atomic E-state index is 15.5. The Hall–Kier alpha value is -6.47. The quantitative estimate of drug-likeness (QED) is 0.230. The molecule has 61 heavy (non-hydrogen) atoms. The van der Waals surface area contributed by atoms with Gasteiger partial charge in [-0.2, -0.15) is 5.26 Å². The lowest BCUT2D eigenvalue weighted by Gasteiger charge is -2.40. The number of aromatic nitrogens is 2. The van der Waals surface area contributed by atoms with Gasteiger partial charge in [0.2, 0.25) is 11.8 Å². The average molecular weight is 828 g/mol. The van der Waals surface area contributed by atoms with E-state index in [0.717, 1.165) is 87.2 Å². The number of rotatable bonds is 9. The molecule has 2 aromatic carbocycles. The number of fused-ring (bicyclic) bond motifs is 2. The van der Waals surface area contributed by atoms with Crippen LogP contribution in [0.1, 0.15) is 88.0 Å². The van der Waals surface area contributed by atoms with Crippen molar-refractivity contribution in [1.29, 1.82) is 5.26 Å². The van der Waals surface area contributed by atoms with Gasteiger partial charge in [-0.15, -0.1) is 0 Å². The highest BCUT2D eigenvalue weighted by Gasteiger charge is 2.45. The first kappa shape index (κ1) is 40.0. The van der Waals surface area contributed by atoms with Gasteiger partial charge in [0.05, 0.1) is 33.9 Å². The SMILES string of the molecule is N#Cc1ccc(O[C@H]2CC[C@H](NC(=O)c3cnc(N4CCC(CN5CCN(c6ccc7c(c6)C(=O)N(C6CCC(=O)NC6=O)C7=O)CC5)CC4)c(F)c3)CC2)c2cccnc12. The molecule has 16 heteroatoms. The number of hydrogen-bond donors (Lipinski definition) is 2. The number of amides is 5. The van der Waals surface area contributed by atoms with Crippen LogP contribution < -0.4 is 25.2 Å². The monoisotopic (exact) mass is 827 g/mol. The number of nitrogens with zero attached hydrogens (tertiary/aromatic N) is 7. The van der Waals surface area contributed by atoms with Crippen molar-refractivity contribution in [3.63, 3.8) is 0 Å². The van der Waals surface area contributed by atoms with Crippen molar-refractivity contribution in [2.24, 2.45) is 5.92 Å². The summed E-state index contributed by atoms with van der Waals surface area (Å²) in [5.41, 5.74) is 2.70. The van der Waals surface area contributed by atoms with Crippen molar-refractivity contribution in [3.8, 4) is 11.8 Å². The Kier molecular flexibility index (Phi) is 11.1. The summed E-state index contributed by atoms with van der Waals surface area (Å²) in [5, 5.41) is 15.5. The molecule has 0 spiro atoms. The van der Waals surface area contributed by atoms with E-state index < -0.39 is 35.5 Å². The van der Waals surface area contributed by atoms with Gasteiger partial charge in [-0.05, 0) is 99.4 Å². The number of hydrogen-bond acceptors (Lipinski definition) is 12. The molecule has 314 valence electrons. The molecular weight excluding hydrogens is 782 g/mol. The minimum atomic E-state index is -0.994. The van der Waals surface area contributed by atoms with Crippen LogP contribution in [-0.2, 0) is 9.59 Å². The van der Waals surface area contributed by atoms with Crippen molar-refractivity contribution >= 4 is 51.9 Å². The molecule has 1 aliphatic carbocycles. The predicted octanol–water partition coefficient (Wildman–Crippen LogP) is 4.20. The molecule has 4 fully saturated rings. The molecule has 15 nitrogen and oxygen atoms in total. The molecule has 1 saturated carbocycles. The molecule has 0 bridgehead atoms. The number of imide groups is 2. The van der Waals surface area contributed by atoms with Gasteiger partial charge in [-0.1, -0.05) is 0 Å². The first-order valence-electron chi connectivity index (χ1n) is 21.1. The number of piperazine rings is 1.